The molecule has 8 nitrogen and oxygen atoms in total. The van der Waals surface area contributed by atoms with Crippen LogP contribution < -0.4 is 20.3 Å². The van der Waals surface area contributed by atoms with E-state index in [1.165, 1.54) is 21.1 Å². The van der Waals surface area contributed by atoms with Gasteiger partial charge in [-0.15, -0.1) is 10.2 Å². The lowest BCUT2D eigenvalue weighted by Gasteiger charge is -2.11. The summed E-state index contributed by atoms with van der Waals surface area (Å²) in [5.74, 6) is 1.17. The van der Waals surface area contributed by atoms with Crippen molar-refractivity contribution in [1.29, 1.82) is 0 Å². The topological polar surface area (TPSA) is 106 Å². The van der Waals surface area contributed by atoms with Gasteiger partial charge in [0.1, 0.15) is 11.5 Å². The van der Waals surface area contributed by atoms with Crippen LogP contribution in [0.15, 0.2) is 23.0 Å². The van der Waals surface area contributed by atoms with Gasteiger partial charge in [-0.25, -0.2) is 0 Å². The molecular formula is C15H18N4O4. The highest BCUT2D eigenvalue weighted by atomic mass is 16.5. The monoisotopic (exact) mass is 318 g/mol. The van der Waals surface area contributed by atoms with Gasteiger partial charge in [0.25, 0.3) is 5.56 Å². The number of benzene rings is 1. The van der Waals surface area contributed by atoms with Gasteiger partial charge in [-0.2, -0.15) is 0 Å². The summed E-state index contributed by atoms with van der Waals surface area (Å²) in [4.78, 5) is 25.9. The Bertz CT molecular complexity index is 750. The fourth-order valence-corrected chi connectivity index (χ4v) is 2.08. The van der Waals surface area contributed by atoms with Gasteiger partial charge in [-0.05, 0) is 19.1 Å². The molecule has 0 saturated carbocycles. The number of carbonyl (C=O) groups excluding carboxylic acids is 1. The van der Waals surface area contributed by atoms with E-state index >= 15 is 0 Å². The molecule has 2 rings (SSSR count). The highest BCUT2D eigenvalue weighted by molar-refractivity contribution is 5.73. The number of nitrogens with zero attached hydrogens (tertiary/aromatic N) is 2. The van der Waals surface area contributed by atoms with Crippen molar-refractivity contribution in [3.8, 4) is 22.9 Å². The van der Waals surface area contributed by atoms with E-state index in [9.17, 15) is 9.59 Å². The maximum absolute atomic E-state index is 12.2. The van der Waals surface area contributed by atoms with E-state index in [2.05, 4.69) is 20.5 Å². The number of rotatable bonds is 5. The Balaban J connectivity index is 2.41. The van der Waals surface area contributed by atoms with Crippen LogP contribution in [-0.4, -0.2) is 35.3 Å². The van der Waals surface area contributed by atoms with Crippen LogP contribution in [0.25, 0.3) is 11.4 Å². The second kappa shape index (κ2) is 6.91. The molecule has 0 radical (unpaired) electrons. The molecule has 1 heterocycles. The summed E-state index contributed by atoms with van der Waals surface area (Å²) in [6, 6.07) is 4.60. The molecule has 0 bridgehead atoms. The molecule has 1 aromatic carbocycles. The van der Waals surface area contributed by atoms with Crippen molar-refractivity contribution in [1.82, 2.24) is 20.5 Å². The third kappa shape index (κ3) is 3.85. The van der Waals surface area contributed by atoms with Gasteiger partial charge >= 0.3 is 0 Å². The number of H-pyrrole nitrogens is 1. The normalized spacial score (nSPS) is 11.7. The molecule has 1 aromatic heterocycles. The molecule has 8 heteroatoms. The van der Waals surface area contributed by atoms with Gasteiger partial charge in [-0.3, -0.25) is 9.59 Å². The van der Waals surface area contributed by atoms with Crippen molar-refractivity contribution >= 4 is 5.91 Å². The minimum atomic E-state index is -0.530. The van der Waals surface area contributed by atoms with Crippen molar-refractivity contribution in [2.45, 2.75) is 19.9 Å². The molecule has 1 unspecified atom stereocenters. The maximum atomic E-state index is 12.2. The first-order chi connectivity index (χ1) is 10.9. The summed E-state index contributed by atoms with van der Waals surface area (Å²) < 4.78 is 10.4. The fourth-order valence-electron chi connectivity index (χ4n) is 2.08. The van der Waals surface area contributed by atoms with E-state index < -0.39 is 11.6 Å². The quantitative estimate of drug-likeness (QED) is 0.853. The first-order valence-corrected chi connectivity index (χ1v) is 6.92. The number of amides is 1. The second-order valence-electron chi connectivity index (χ2n) is 4.91. The minimum absolute atomic E-state index is 0.138. The zero-order chi connectivity index (χ0) is 17.0. The molecule has 0 fully saturated rings. The van der Waals surface area contributed by atoms with Crippen molar-refractivity contribution in [2.75, 3.05) is 14.2 Å². The van der Waals surface area contributed by atoms with Gasteiger partial charge in [0.05, 0.1) is 20.3 Å². The summed E-state index contributed by atoms with van der Waals surface area (Å²) in [6.07, 6.45) is 0. The maximum Gasteiger partial charge on any atom is 0.275 e. The van der Waals surface area contributed by atoms with Crippen LogP contribution in [0.1, 0.15) is 25.6 Å². The van der Waals surface area contributed by atoms with Crippen LogP contribution in [0.4, 0.5) is 0 Å². The Labute approximate surface area is 132 Å². The molecule has 1 amide bonds. The first-order valence-electron chi connectivity index (χ1n) is 6.92. The lowest BCUT2D eigenvalue weighted by atomic mass is 10.2. The molecule has 0 saturated heterocycles. The van der Waals surface area contributed by atoms with Crippen LogP contribution in [0.3, 0.4) is 0 Å². The van der Waals surface area contributed by atoms with E-state index in [-0.39, 0.29) is 17.4 Å². The zero-order valence-electron chi connectivity index (χ0n) is 13.3. The lowest BCUT2D eigenvalue weighted by molar-refractivity contribution is -0.119. The third-order valence-corrected chi connectivity index (χ3v) is 3.18. The van der Waals surface area contributed by atoms with E-state index in [4.69, 9.17) is 9.47 Å². The van der Waals surface area contributed by atoms with Crippen molar-refractivity contribution < 1.29 is 14.3 Å². The van der Waals surface area contributed by atoms with Gasteiger partial charge in [0.2, 0.25) is 5.91 Å². The SMILES string of the molecule is COc1cc(OC)cc(-c2nnc(C(C)NC(C)=O)c(=O)[nH]2)c1. The number of carbonyl (C=O) groups is 1. The molecule has 0 aliphatic rings. The number of aromatic amines is 1. The number of methoxy groups -OCH3 is 2. The number of hydrogen-bond acceptors (Lipinski definition) is 6. The third-order valence-electron chi connectivity index (χ3n) is 3.18. The number of aromatic nitrogens is 3. The summed E-state index contributed by atoms with van der Waals surface area (Å²) in [7, 11) is 3.07. The van der Waals surface area contributed by atoms with Gasteiger partial charge in [0, 0.05) is 18.6 Å². The van der Waals surface area contributed by atoms with E-state index in [1.54, 1.807) is 25.1 Å². The molecule has 23 heavy (non-hydrogen) atoms. The van der Waals surface area contributed by atoms with Crippen LogP contribution in [0, 0.1) is 0 Å². The Morgan fingerprint density at radius 2 is 1.78 bits per heavy atom. The zero-order valence-corrected chi connectivity index (χ0v) is 13.3. The average molecular weight is 318 g/mol. The summed E-state index contributed by atoms with van der Waals surface area (Å²) in [6.45, 7) is 3.03. The number of ether oxygens (including phenoxy) is 2. The number of hydrogen-bond donors (Lipinski definition) is 2. The minimum Gasteiger partial charge on any atom is -0.497 e. The van der Waals surface area contributed by atoms with Crippen molar-refractivity contribution in [3.63, 3.8) is 0 Å². The molecule has 2 aromatic rings. The van der Waals surface area contributed by atoms with Gasteiger partial charge in [0.15, 0.2) is 11.5 Å². The molecule has 0 aliphatic carbocycles. The average Bonchev–Trinajstić information content (AvgIpc) is 2.53. The molecule has 0 aliphatic heterocycles. The van der Waals surface area contributed by atoms with Crippen LogP contribution in [0.5, 0.6) is 11.5 Å². The first kappa shape index (κ1) is 16.5. The highest BCUT2D eigenvalue weighted by Crippen LogP contribution is 2.27. The standard InChI is InChI=1S/C15H18N4O4/c1-8(16-9(2)20)13-15(21)17-14(19-18-13)10-5-11(22-3)7-12(6-10)23-4/h5-8H,1-4H3,(H,16,20)(H,17,19,21). The predicted octanol–water partition coefficient (Wildman–Crippen LogP) is 1.05. The molecule has 0 spiro atoms. The largest absolute Gasteiger partial charge is 0.497 e. The van der Waals surface area contributed by atoms with Gasteiger partial charge < -0.3 is 19.8 Å². The van der Waals surface area contributed by atoms with E-state index in [0.717, 1.165) is 0 Å². The van der Waals surface area contributed by atoms with Gasteiger partial charge in [-0.1, -0.05) is 0 Å². The van der Waals surface area contributed by atoms with Crippen molar-refractivity contribution in [3.05, 3.63) is 34.2 Å². The van der Waals surface area contributed by atoms with Crippen molar-refractivity contribution in [2.24, 2.45) is 0 Å². The Morgan fingerprint density at radius 3 is 2.26 bits per heavy atom. The predicted molar refractivity (Wildman–Crippen MR) is 83.4 cm³/mol. The van der Waals surface area contributed by atoms with Crippen LogP contribution >= 0.6 is 0 Å². The number of nitrogens with one attached hydrogen (secondary N) is 2. The highest BCUT2D eigenvalue weighted by Gasteiger charge is 2.15. The Kier molecular flexibility index (Phi) is 4.95. The fraction of sp³-hybridized carbons (Fsp3) is 0.333. The Hall–Kier alpha value is -2.90. The molecule has 1 atom stereocenters. The van der Waals surface area contributed by atoms with E-state index in [1.807, 2.05) is 0 Å². The van der Waals surface area contributed by atoms with Crippen LogP contribution in [0.2, 0.25) is 0 Å². The smallest absolute Gasteiger partial charge is 0.275 e. The van der Waals surface area contributed by atoms with E-state index in [0.29, 0.717) is 17.1 Å². The lowest BCUT2D eigenvalue weighted by Crippen LogP contribution is -2.30. The second-order valence-corrected chi connectivity index (χ2v) is 4.91. The molecule has 2 N–H and O–H groups in total. The summed E-state index contributed by atoms with van der Waals surface area (Å²) in [5.41, 5.74) is 0.321. The molecular weight excluding hydrogens is 300 g/mol. The summed E-state index contributed by atoms with van der Waals surface area (Å²) >= 11 is 0. The molecule has 122 valence electrons. The Morgan fingerprint density at radius 1 is 1.17 bits per heavy atom. The summed E-state index contributed by atoms with van der Waals surface area (Å²) in [5, 5.41) is 10.5. The van der Waals surface area contributed by atoms with Crippen LogP contribution in [-0.2, 0) is 4.79 Å².